The van der Waals surface area contributed by atoms with Crippen LogP contribution < -0.4 is 11.1 Å². The maximum absolute atomic E-state index is 9.33. The number of hydrogen-bond donors (Lipinski definition) is 4. The van der Waals surface area contributed by atoms with Gasteiger partial charge in [0.1, 0.15) is 11.0 Å². The summed E-state index contributed by atoms with van der Waals surface area (Å²) in [5.74, 6) is 3.53. The van der Waals surface area contributed by atoms with E-state index in [0.717, 1.165) is 51.3 Å². The molecule has 0 spiro atoms. The minimum absolute atomic E-state index is 0. The van der Waals surface area contributed by atoms with E-state index in [4.69, 9.17) is 45.6 Å². The monoisotopic (exact) mass is 598 g/mol. The average Bonchev–Trinajstić information content (AvgIpc) is 3.46. The molecule has 4 heterocycles. The number of halogens is 3. The van der Waals surface area contributed by atoms with Gasteiger partial charge in [-0.15, -0.1) is 23.5 Å². The van der Waals surface area contributed by atoms with Gasteiger partial charge in [0.15, 0.2) is 0 Å². The summed E-state index contributed by atoms with van der Waals surface area (Å²) >= 11 is 20.8. The first kappa shape index (κ1) is 33.4. The molecule has 204 valence electrons. The number of anilines is 1. The Hall–Kier alpha value is -0.590. The molecule has 5 N–H and O–H groups in total. The number of nitrogens with two attached hydrogens (primary N) is 1. The Kier molecular flexibility index (Phi) is 15.2. The summed E-state index contributed by atoms with van der Waals surface area (Å²) in [4.78, 5) is 18.4. The Balaban J connectivity index is 0.000000294. The summed E-state index contributed by atoms with van der Waals surface area (Å²) in [6, 6.07) is -0.0498. The predicted molar refractivity (Wildman–Crippen MR) is 154 cm³/mol. The molecule has 0 saturated heterocycles. The van der Waals surface area contributed by atoms with Crippen LogP contribution in [0.3, 0.4) is 0 Å². The van der Waals surface area contributed by atoms with Gasteiger partial charge >= 0.3 is 0 Å². The topological polar surface area (TPSA) is 130 Å². The largest absolute Gasteiger partial charge is 0.395 e. The van der Waals surface area contributed by atoms with Crippen LogP contribution in [0.1, 0.15) is 46.5 Å². The van der Waals surface area contributed by atoms with E-state index >= 15 is 0 Å². The van der Waals surface area contributed by atoms with Gasteiger partial charge in [-0.1, -0.05) is 46.7 Å². The van der Waals surface area contributed by atoms with Gasteiger partial charge in [0.05, 0.1) is 40.4 Å². The van der Waals surface area contributed by atoms with Crippen molar-refractivity contribution in [2.75, 3.05) is 30.0 Å². The molecule has 2 aromatic rings. The van der Waals surface area contributed by atoms with Crippen molar-refractivity contribution in [3.8, 4) is 0 Å². The fourth-order valence-corrected chi connectivity index (χ4v) is 5.75. The molecule has 2 atom stereocenters. The zero-order valence-electron chi connectivity index (χ0n) is 20.3. The summed E-state index contributed by atoms with van der Waals surface area (Å²) in [7, 11) is 0. The van der Waals surface area contributed by atoms with Gasteiger partial charge in [0.25, 0.3) is 0 Å². The van der Waals surface area contributed by atoms with E-state index in [9.17, 15) is 5.11 Å². The summed E-state index contributed by atoms with van der Waals surface area (Å²) in [6.07, 6.45) is 1.88. The molecule has 0 aromatic carbocycles. The van der Waals surface area contributed by atoms with Crippen molar-refractivity contribution in [1.82, 2.24) is 19.9 Å². The predicted octanol–water partition coefficient (Wildman–Crippen LogP) is 5.24. The van der Waals surface area contributed by atoms with Gasteiger partial charge in [0, 0.05) is 30.4 Å². The molecule has 0 amide bonds. The molecule has 0 bridgehead atoms. The van der Waals surface area contributed by atoms with Crippen LogP contribution in [-0.2, 0) is 12.8 Å². The summed E-state index contributed by atoms with van der Waals surface area (Å²) in [5, 5.41) is 22.0. The van der Waals surface area contributed by atoms with Crippen molar-refractivity contribution in [3.63, 3.8) is 0 Å². The number of thioether (sulfide) groups is 2. The van der Waals surface area contributed by atoms with Gasteiger partial charge in [-0.2, -0.15) is 4.98 Å². The molecule has 0 unspecified atom stereocenters. The fourth-order valence-electron chi connectivity index (χ4n) is 2.95. The normalized spacial score (nSPS) is 15.1. The second-order valence-corrected chi connectivity index (χ2v) is 11.9. The van der Waals surface area contributed by atoms with Gasteiger partial charge in [0.2, 0.25) is 10.6 Å². The first-order valence-corrected chi connectivity index (χ1v) is 14.5. The average molecular weight is 600 g/mol. The molecular formula is C23H37Cl3N6O2S2. The molecule has 2 aliphatic rings. The van der Waals surface area contributed by atoms with Gasteiger partial charge < -0.3 is 21.3 Å². The van der Waals surface area contributed by atoms with Crippen molar-refractivity contribution >= 4 is 64.1 Å². The number of hydrogen-bond acceptors (Lipinski definition) is 10. The first-order chi connectivity index (χ1) is 16.6. The Bertz CT molecular complexity index is 972. The molecule has 0 saturated carbocycles. The number of aryl methyl sites for hydroxylation is 2. The number of nitrogens with zero attached hydrogens (tertiary/aromatic N) is 4. The Labute approximate surface area is 237 Å². The molecule has 8 nitrogen and oxygen atoms in total. The number of nitrogens with one attached hydrogen (secondary N) is 1. The van der Waals surface area contributed by atoms with E-state index in [2.05, 4.69) is 39.1 Å². The van der Waals surface area contributed by atoms with E-state index in [1.165, 1.54) is 0 Å². The SMILES string of the molecule is C.CC(C)[C@@H](N)CO.CC(C)[C@H](CO)Nc1nc(Cl)nc2c1SCC2.Clc1nc(Cl)c2c(n1)CCS2. The number of rotatable bonds is 6. The van der Waals surface area contributed by atoms with E-state index in [1.807, 2.05) is 13.8 Å². The number of aliphatic hydroxyl groups is 2. The first-order valence-electron chi connectivity index (χ1n) is 11.3. The molecule has 0 aliphatic carbocycles. The van der Waals surface area contributed by atoms with Gasteiger partial charge in [-0.05, 0) is 35.0 Å². The third kappa shape index (κ3) is 9.94. The standard InChI is InChI=1S/C11H16ClN3OS.C6H4Cl2N2S.C5H13NO.CH4/c1-6(2)8(5-16)13-10-9-7(3-4-17-9)14-11(12)15-10;7-5-4-3(1-2-11-4)9-6(8)10-5;1-4(2)5(6)3-7;/h6,8,16H,3-5H2,1-2H3,(H,13,14,15);1-2H2;4-5,7H,3,6H2,1-2H3;1H4/t8-;;5-;/m0.0./s1. The molecule has 4 rings (SSSR count). The van der Waals surface area contributed by atoms with Crippen molar-refractivity contribution in [3.05, 3.63) is 27.1 Å². The summed E-state index contributed by atoms with van der Waals surface area (Å²) < 4.78 is 0. The molecule has 13 heteroatoms. The molecular weight excluding hydrogens is 563 g/mol. The lowest BCUT2D eigenvalue weighted by Crippen LogP contribution is -2.30. The van der Waals surface area contributed by atoms with Crippen LogP contribution >= 0.6 is 58.3 Å². The molecule has 36 heavy (non-hydrogen) atoms. The Morgan fingerprint density at radius 2 is 1.36 bits per heavy atom. The molecule has 0 radical (unpaired) electrons. The van der Waals surface area contributed by atoms with Gasteiger partial charge in [-0.3, -0.25) is 0 Å². The van der Waals surface area contributed by atoms with Crippen LogP contribution in [0.15, 0.2) is 9.79 Å². The smallest absolute Gasteiger partial charge is 0.224 e. The number of fused-ring (bicyclic) bond motifs is 2. The van der Waals surface area contributed by atoms with Crippen LogP contribution in [0.2, 0.25) is 15.7 Å². The van der Waals surface area contributed by atoms with E-state index < -0.39 is 0 Å². The van der Waals surface area contributed by atoms with Crippen molar-refractivity contribution in [2.24, 2.45) is 17.6 Å². The minimum atomic E-state index is -0.0417. The van der Waals surface area contributed by atoms with Gasteiger partial charge in [-0.25, -0.2) is 15.0 Å². The third-order valence-electron chi connectivity index (χ3n) is 5.34. The zero-order valence-corrected chi connectivity index (χ0v) is 24.2. The number of aliphatic hydroxyl groups excluding tert-OH is 2. The second kappa shape index (κ2) is 16.4. The van der Waals surface area contributed by atoms with Crippen molar-refractivity contribution in [1.29, 1.82) is 0 Å². The maximum Gasteiger partial charge on any atom is 0.224 e. The third-order valence-corrected chi connectivity index (χ3v) is 8.31. The summed E-state index contributed by atoms with van der Waals surface area (Å²) in [5.41, 5.74) is 7.36. The lowest BCUT2D eigenvalue weighted by atomic mass is 10.1. The Morgan fingerprint density at radius 1 is 0.833 bits per heavy atom. The van der Waals surface area contributed by atoms with E-state index in [-0.39, 0.29) is 43.3 Å². The highest BCUT2D eigenvalue weighted by atomic mass is 35.5. The van der Waals surface area contributed by atoms with Crippen LogP contribution in [0.5, 0.6) is 0 Å². The highest BCUT2D eigenvalue weighted by molar-refractivity contribution is 8.00. The molecule has 2 aliphatic heterocycles. The van der Waals surface area contributed by atoms with E-state index in [0.29, 0.717) is 17.0 Å². The minimum Gasteiger partial charge on any atom is -0.395 e. The lowest BCUT2D eigenvalue weighted by molar-refractivity contribution is 0.238. The van der Waals surface area contributed by atoms with Crippen molar-refractivity contribution in [2.45, 2.75) is 69.8 Å². The lowest BCUT2D eigenvalue weighted by Gasteiger charge is -2.21. The van der Waals surface area contributed by atoms with E-state index in [1.54, 1.807) is 23.5 Å². The quantitative estimate of drug-likeness (QED) is 0.258. The highest BCUT2D eigenvalue weighted by Crippen LogP contribution is 2.37. The number of aromatic nitrogens is 4. The fraction of sp³-hybridized carbons (Fsp3) is 0.652. The maximum atomic E-state index is 9.33. The highest BCUT2D eigenvalue weighted by Gasteiger charge is 2.22. The zero-order chi connectivity index (χ0) is 26.1. The summed E-state index contributed by atoms with van der Waals surface area (Å²) in [6.45, 7) is 8.27. The van der Waals surface area contributed by atoms with Crippen LogP contribution in [0.4, 0.5) is 5.82 Å². The van der Waals surface area contributed by atoms with Crippen molar-refractivity contribution < 1.29 is 10.2 Å². The second-order valence-electron chi connectivity index (χ2n) is 8.64. The molecule has 0 fully saturated rings. The van der Waals surface area contributed by atoms with Crippen LogP contribution in [-0.4, -0.2) is 67.0 Å². The molecule has 2 aromatic heterocycles. The Morgan fingerprint density at radius 3 is 1.83 bits per heavy atom. The van der Waals surface area contributed by atoms with Crippen LogP contribution in [0.25, 0.3) is 0 Å². The van der Waals surface area contributed by atoms with Crippen LogP contribution in [0, 0.1) is 11.8 Å².